The van der Waals surface area contributed by atoms with Gasteiger partial charge in [-0.1, -0.05) is 20.8 Å². The lowest BCUT2D eigenvalue weighted by Crippen LogP contribution is -2.42. The second-order valence-electron chi connectivity index (χ2n) is 10.2. The van der Waals surface area contributed by atoms with E-state index in [0.29, 0.717) is 45.2 Å². The molecule has 37 heavy (non-hydrogen) atoms. The van der Waals surface area contributed by atoms with Gasteiger partial charge in [0.15, 0.2) is 0 Å². The Morgan fingerprint density at radius 1 is 0.622 bits per heavy atom. The summed E-state index contributed by atoms with van der Waals surface area (Å²) in [7, 11) is 0. The molecule has 0 spiro atoms. The van der Waals surface area contributed by atoms with Crippen LogP contribution in [0.25, 0.3) is 0 Å². The van der Waals surface area contributed by atoms with Crippen LogP contribution >= 0.6 is 0 Å². The smallest absolute Gasteiger partial charge is 0.410 e. The van der Waals surface area contributed by atoms with E-state index < -0.39 is 0 Å². The summed E-state index contributed by atoms with van der Waals surface area (Å²) in [4.78, 5) is 52.9. The van der Waals surface area contributed by atoms with Crippen molar-refractivity contribution in [3.05, 3.63) is 0 Å². The van der Waals surface area contributed by atoms with Crippen LogP contribution < -0.4 is 5.73 Å². The Labute approximate surface area is 221 Å². The van der Waals surface area contributed by atoms with Gasteiger partial charge in [0, 0.05) is 85.0 Å². The molecule has 3 unspecified atom stereocenters. The number of hydrogen-bond donors (Lipinski definition) is 1. The van der Waals surface area contributed by atoms with Crippen molar-refractivity contribution < 1.29 is 28.7 Å². The topological polar surface area (TPSA) is 126 Å². The third kappa shape index (κ3) is 9.68. The van der Waals surface area contributed by atoms with E-state index in [1.165, 1.54) is 6.92 Å². The molecule has 3 atom stereocenters. The summed E-state index contributed by atoms with van der Waals surface area (Å²) in [6.07, 6.45) is 3.48. The van der Waals surface area contributed by atoms with Crippen LogP contribution in [-0.2, 0) is 19.1 Å². The van der Waals surface area contributed by atoms with Crippen LogP contribution in [0.2, 0.25) is 0 Å². The summed E-state index contributed by atoms with van der Waals surface area (Å²) in [6, 6.07) is 0.0693. The molecule has 0 aromatic rings. The number of likely N-dealkylation sites (tertiary alicyclic amines) is 4. The van der Waals surface area contributed by atoms with Crippen molar-refractivity contribution >= 4 is 24.0 Å². The minimum Gasteiger partial charge on any atom is -0.446 e. The van der Waals surface area contributed by atoms with E-state index in [4.69, 9.17) is 15.2 Å². The Morgan fingerprint density at radius 2 is 1.08 bits per heavy atom. The number of hydrogen-bond acceptors (Lipinski definition) is 7. The molecule has 4 rings (SSSR count). The highest BCUT2D eigenvalue weighted by Crippen LogP contribution is 2.20. The highest BCUT2D eigenvalue weighted by atomic mass is 16.6. The summed E-state index contributed by atoms with van der Waals surface area (Å²) in [5.41, 5.74) is 5.73. The number of rotatable bonds is 2. The summed E-state index contributed by atoms with van der Waals surface area (Å²) in [6.45, 7) is 14.7. The first kappa shape index (κ1) is 30.7. The van der Waals surface area contributed by atoms with E-state index in [2.05, 4.69) is 6.92 Å². The van der Waals surface area contributed by atoms with Crippen LogP contribution in [0.15, 0.2) is 0 Å². The third-order valence-electron chi connectivity index (χ3n) is 7.18. The van der Waals surface area contributed by atoms with Gasteiger partial charge in [-0.25, -0.2) is 9.59 Å². The van der Waals surface area contributed by atoms with Crippen molar-refractivity contribution in [2.45, 2.75) is 85.0 Å². The standard InChI is InChI=1S/C13H22N2O3.C11H19N3O3.C2H6/c1-10-3-6-15(9-10)13(17)18-12-4-7-14(8-5-12)11(2)16;1-8(15)13-5-3-10(7-13)17-11(16)14-4-2-9(12)6-14;1-2/h10,12H,3-9H2,1-2H3;9-10H,2-7,12H2,1H3;1-2H3. The van der Waals surface area contributed by atoms with Crippen LogP contribution in [0.4, 0.5) is 9.59 Å². The summed E-state index contributed by atoms with van der Waals surface area (Å²) < 4.78 is 10.9. The lowest BCUT2D eigenvalue weighted by Gasteiger charge is -2.31. The maximum absolute atomic E-state index is 11.9. The molecule has 0 aromatic carbocycles. The highest BCUT2D eigenvalue weighted by Gasteiger charge is 2.31. The van der Waals surface area contributed by atoms with E-state index in [-0.39, 0.29) is 42.3 Å². The van der Waals surface area contributed by atoms with Crippen LogP contribution in [0.5, 0.6) is 0 Å². The molecule has 0 radical (unpaired) electrons. The lowest BCUT2D eigenvalue weighted by molar-refractivity contribution is -0.131. The predicted molar refractivity (Wildman–Crippen MR) is 140 cm³/mol. The minimum atomic E-state index is -0.298. The SMILES string of the molecule is CC.CC(=O)N1CCC(OC(=O)N2CCC(C)C2)CC1.CC(=O)N1CCC(OC(=O)N2CCC(N)C2)C1. The monoisotopic (exact) mass is 525 g/mol. The highest BCUT2D eigenvalue weighted by molar-refractivity contribution is 5.74. The zero-order valence-electron chi connectivity index (χ0n) is 23.3. The van der Waals surface area contributed by atoms with Crippen molar-refractivity contribution in [1.29, 1.82) is 0 Å². The largest absolute Gasteiger partial charge is 0.446 e. The second-order valence-corrected chi connectivity index (χ2v) is 10.2. The molecule has 11 nitrogen and oxygen atoms in total. The maximum Gasteiger partial charge on any atom is 0.410 e. The number of nitrogens with zero attached hydrogens (tertiary/aromatic N) is 4. The van der Waals surface area contributed by atoms with E-state index in [1.807, 2.05) is 18.7 Å². The van der Waals surface area contributed by atoms with Crippen LogP contribution in [-0.4, -0.2) is 114 Å². The number of piperidine rings is 1. The van der Waals surface area contributed by atoms with Gasteiger partial charge in [0.05, 0.1) is 6.54 Å². The normalized spacial score (nSPS) is 25.6. The van der Waals surface area contributed by atoms with Crippen molar-refractivity contribution in [1.82, 2.24) is 19.6 Å². The van der Waals surface area contributed by atoms with Crippen LogP contribution in [0.1, 0.15) is 66.7 Å². The first-order valence-corrected chi connectivity index (χ1v) is 13.8. The van der Waals surface area contributed by atoms with E-state index >= 15 is 0 Å². The van der Waals surface area contributed by atoms with Gasteiger partial charge in [-0.15, -0.1) is 0 Å². The average Bonchev–Trinajstić information content (AvgIpc) is 3.62. The second kappa shape index (κ2) is 15.0. The van der Waals surface area contributed by atoms with Gasteiger partial charge in [-0.2, -0.15) is 0 Å². The minimum absolute atomic E-state index is 0.0241. The number of carbonyl (C=O) groups excluding carboxylic acids is 4. The van der Waals surface area contributed by atoms with Gasteiger partial charge in [-0.05, 0) is 18.8 Å². The zero-order chi connectivity index (χ0) is 27.5. The molecule has 0 aliphatic carbocycles. The van der Waals surface area contributed by atoms with Gasteiger partial charge in [0.2, 0.25) is 11.8 Å². The molecular formula is C26H47N5O6. The van der Waals surface area contributed by atoms with Crippen LogP contribution in [0, 0.1) is 5.92 Å². The number of carbonyl (C=O) groups is 4. The van der Waals surface area contributed by atoms with Gasteiger partial charge in [-0.3, -0.25) is 9.59 Å². The van der Waals surface area contributed by atoms with Crippen molar-refractivity contribution in [2.75, 3.05) is 52.4 Å². The predicted octanol–water partition coefficient (Wildman–Crippen LogP) is 2.28. The van der Waals surface area contributed by atoms with Crippen molar-refractivity contribution in [3.8, 4) is 0 Å². The van der Waals surface area contributed by atoms with Crippen molar-refractivity contribution in [2.24, 2.45) is 11.7 Å². The van der Waals surface area contributed by atoms with Gasteiger partial charge < -0.3 is 34.8 Å². The molecule has 212 valence electrons. The molecule has 4 fully saturated rings. The summed E-state index contributed by atoms with van der Waals surface area (Å²) in [5, 5.41) is 0. The van der Waals surface area contributed by atoms with E-state index in [1.54, 1.807) is 21.6 Å². The molecule has 4 aliphatic rings. The van der Waals surface area contributed by atoms with Gasteiger partial charge in [0.25, 0.3) is 0 Å². The Hall–Kier alpha value is -2.56. The molecule has 0 aromatic heterocycles. The first-order valence-electron chi connectivity index (χ1n) is 13.8. The fourth-order valence-corrected chi connectivity index (χ4v) is 4.89. The zero-order valence-corrected chi connectivity index (χ0v) is 23.3. The van der Waals surface area contributed by atoms with Gasteiger partial charge in [0.1, 0.15) is 12.2 Å². The van der Waals surface area contributed by atoms with Gasteiger partial charge >= 0.3 is 12.2 Å². The molecule has 0 saturated carbocycles. The maximum atomic E-state index is 11.9. The molecule has 2 N–H and O–H groups in total. The Bertz CT molecular complexity index is 773. The summed E-state index contributed by atoms with van der Waals surface area (Å²) >= 11 is 0. The summed E-state index contributed by atoms with van der Waals surface area (Å²) in [5.74, 6) is 0.719. The molecule has 4 heterocycles. The first-order chi connectivity index (χ1) is 17.6. The molecule has 4 aliphatic heterocycles. The Balaban J connectivity index is 0.000000244. The molecule has 4 saturated heterocycles. The fourth-order valence-electron chi connectivity index (χ4n) is 4.89. The Kier molecular flexibility index (Phi) is 12.4. The van der Waals surface area contributed by atoms with Crippen molar-refractivity contribution in [3.63, 3.8) is 0 Å². The Morgan fingerprint density at radius 3 is 1.54 bits per heavy atom. The average molecular weight is 526 g/mol. The molecule has 11 heteroatoms. The lowest BCUT2D eigenvalue weighted by atomic mass is 10.1. The number of amides is 4. The fraction of sp³-hybridized carbons (Fsp3) is 0.846. The third-order valence-corrected chi connectivity index (χ3v) is 7.18. The number of nitrogens with two attached hydrogens (primary N) is 1. The molecular weight excluding hydrogens is 478 g/mol. The molecule has 0 bridgehead atoms. The van der Waals surface area contributed by atoms with E-state index in [9.17, 15) is 19.2 Å². The number of ether oxygens (including phenoxy) is 2. The van der Waals surface area contributed by atoms with Crippen LogP contribution in [0.3, 0.4) is 0 Å². The van der Waals surface area contributed by atoms with E-state index in [0.717, 1.165) is 45.2 Å². The molecule has 4 amide bonds. The quantitative estimate of drug-likeness (QED) is 0.586.